The van der Waals surface area contributed by atoms with Gasteiger partial charge in [-0.1, -0.05) is 19.9 Å². The zero-order valence-corrected chi connectivity index (χ0v) is 14.9. The van der Waals surface area contributed by atoms with Crippen LogP contribution in [0.5, 0.6) is 0 Å². The van der Waals surface area contributed by atoms with Crippen LogP contribution in [0.3, 0.4) is 0 Å². The summed E-state index contributed by atoms with van der Waals surface area (Å²) in [7, 11) is 1.34. The Kier molecular flexibility index (Phi) is 6.11. The molecule has 0 unspecified atom stereocenters. The highest BCUT2D eigenvalue weighted by atomic mass is 16.5. The molecule has 0 fully saturated rings. The lowest BCUT2D eigenvalue weighted by Gasteiger charge is -2.23. The number of benzene rings is 1. The topological polar surface area (TPSA) is 80.3 Å². The third kappa shape index (κ3) is 4.79. The first-order valence-corrected chi connectivity index (χ1v) is 8.08. The molecular formula is C19H23N3O3. The predicted molar refractivity (Wildman–Crippen MR) is 96.5 cm³/mol. The summed E-state index contributed by atoms with van der Waals surface area (Å²) in [6.45, 7) is 5.89. The van der Waals surface area contributed by atoms with Gasteiger partial charge < -0.3 is 15.4 Å². The van der Waals surface area contributed by atoms with E-state index < -0.39 is 5.97 Å². The zero-order valence-electron chi connectivity index (χ0n) is 14.9. The lowest BCUT2D eigenvalue weighted by atomic mass is 9.98. The van der Waals surface area contributed by atoms with Crippen molar-refractivity contribution >= 4 is 17.7 Å². The van der Waals surface area contributed by atoms with E-state index in [9.17, 15) is 9.59 Å². The minimum Gasteiger partial charge on any atom is -0.465 e. The number of amides is 2. The quantitative estimate of drug-likeness (QED) is 0.813. The Balaban J connectivity index is 2.10. The van der Waals surface area contributed by atoms with E-state index in [2.05, 4.69) is 15.6 Å². The maximum absolute atomic E-state index is 12.4. The number of methoxy groups -OCH3 is 1. The van der Waals surface area contributed by atoms with Crippen molar-refractivity contribution in [3.05, 3.63) is 59.4 Å². The molecule has 0 spiro atoms. The van der Waals surface area contributed by atoms with E-state index in [1.807, 2.05) is 32.9 Å². The van der Waals surface area contributed by atoms with Crippen LogP contribution in [0.2, 0.25) is 0 Å². The summed E-state index contributed by atoms with van der Waals surface area (Å²) in [5.41, 5.74) is 2.81. The fourth-order valence-electron chi connectivity index (χ4n) is 2.54. The van der Waals surface area contributed by atoms with E-state index in [4.69, 9.17) is 4.74 Å². The van der Waals surface area contributed by atoms with Crippen molar-refractivity contribution in [3.8, 4) is 0 Å². The number of carbonyl (C=O) groups excluding carboxylic acids is 2. The van der Waals surface area contributed by atoms with Crippen LogP contribution in [0.25, 0.3) is 0 Å². The number of rotatable bonds is 5. The number of carbonyl (C=O) groups is 2. The molecule has 6 nitrogen and oxygen atoms in total. The van der Waals surface area contributed by atoms with Crippen LogP contribution in [0.4, 0.5) is 10.5 Å². The lowest BCUT2D eigenvalue weighted by Crippen LogP contribution is -2.35. The molecular weight excluding hydrogens is 318 g/mol. The molecule has 2 rings (SSSR count). The summed E-state index contributed by atoms with van der Waals surface area (Å²) in [5.74, 6) is -0.201. The number of esters is 1. The fourth-order valence-corrected chi connectivity index (χ4v) is 2.54. The molecule has 2 aromatic rings. The second-order valence-electron chi connectivity index (χ2n) is 6.13. The smallest absolute Gasteiger partial charge is 0.337 e. The van der Waals surface area contributed by atoms with Gasteiger partial charge in [0.25, 0.3) is 0 Å². The monoisotopic (exact) mass is 341 g/mol. The van der Waals surface area contributed by atoms with E-state index in [0.717, 1.165) is 11.1 Å². The molecule has 0 aliphatic carbocycles. The maximum atomic E-state index is 12.4. The molecule has 0 saturated heterocycles. The Morgan fingerprint density at radius 3 is 2.52 bits per heavy atom. The van der Waals surface area contributed by atoms with Gasteiger partial charge in [-0.15, -0.1) is 0 Å². The number of urea groups is 1. The van der Waals surface area contributed by atoms with Crippen molar-refractivity contribution in [1.29, 1.82) is 0 Å². The Hall–Kier alpha value is -2.89. The van der Waals surface area contributed by atoms with Crippen molar-refractivity contribution in [1.82, 2.24) is 10.3 Å². The van der Waals surface area contributed by atoms with Crippen molar-refractivity contribution in [2.45, 2.75) is 26.8 Å². The Morgan fingerprint density at radius 2 is 1.96 bits per heavy atom. The van der Waals surface area contributed by atoms with Gasteiger partial charge in [0, 0.05) is 18.1 Å². The van der Waals surface area contributed by atoms with Crippen LogP contribution < -0.4 is 10.6 Å². The summed E-state index contributed by atoms with van der Waals surface area (Å²) in [6, 6.07) is 8.32. The highest BCUT2D eigenvalue weighted by Gasteiger charge is 2.19. The van der Waals surface area contributed by atoms with E-state index in [1.165, 1.54) is 7.11 Å². The minimum atomic E-state index is -0.407. The lowest BCUT2D eigenvalue weighted by molar-refractivity contribution is 0.0600. The van der Waals surface area contributed by atoms with Gasteiger partial charge in [0.2, 0.25) is 0 Å². The molecule has 1 atom stereocenters. The Labute approximate surface area is 147 Å². The van der Waals surface area contributed by atoms with Crippen LogP contribution in [-0.2, 0) is 4.74 Å². The van der Waals surface area contributed by atoms with Gasteiger partial charge in [-0.25, -0.2) is 9.59 Å². The molecule has 0 saturated carbocycles. The number of pyridine rings is 1. The summed E-state index contributed by atoms with van der Waals surface area (Å²) >= 11 is 0. The first-order chi connectivity index (χ1) is 11.9. The zero-order chi connectivity index (χ0) is 18.4. The number of aryl methyl sites for hydroxylation is 1. The van der Waals surface area contributed by atoms with E-state index >= 15 is 0 Å². The number of anilines is 1. The van der Waals surface area contributed by atoms with Crippen molar-refractivity contribution in [3.63, 3.8) is 0 Å². The number of ether oxygens (including phenoxy) is 1. The number of aromatic nitrogens is 1. The Bertz CT molecular complexity index is 745. The molecule has 25 heavy (non-hydrogen) atoms. The number of nitrogens with one attached hydrogen (secondary N) is 2. The minimum absolute atomic E-state index is 0.150. The summed E-state index contributed by atoms with van der Waals surface area (Å²) in [6.07, 6.45) is 3.45. The molecule has 0 bridgehead atoms. The van der Waals surface area contributed by atoms with Crippen molar-refractivity contribution in [2.24, 2.45) is 5.92 Å². The van der Waals surface area contributed by atoms with E-state index in [-0.39, 0.29) is 18.0 Å². The highest BCUT2D eigenvalue weighted by Crippen LogP contribution is 2.22. The first kappa shape index (κ1) is 18.4. The highest BCUT2D eigenvalue weighted by molar-refractivity contribution is 5.93. The number of nitrogens with zero attached hydrogens (tertiary/aromatic N) is 1. The SMILES string of the molecule is COC(=O)c1ccc(NC(=O)N[C@H](c2cccnc2)C(C)C)c(C)c1. The molecule has 1 aromatic heterocycles. The second-order valence-corrected chi connectivity index (χ2v) is 6.13. The average molecular weight is 341 g/mol. The van der Waals surface area contributed by atoms with E-state index in [0.29, 0.717) is 11.3 Å². The molecule has 0 radical (unpaired) electrons. The van der Waals surface area contributed by atoms with Crippen molar-refractivity contribution < 1.29 is 14.3 Å². The standard InChI is InChI=1S/C19H23N3O3/c1-12(2)17(15-6-5-9-20-11-15)22-19(24)21-16-8-7-14(10-13(16)3)18(23)25-4/h5-12,17H,1-4H3,(H2,21,22,24)/t17-/m0/s1. The fraction of sp³-hybridized carbons (Fsp3) is 0.316. The Morgan fingerprint density at radius 1 is 1.20 bits per heavy atom. The van der Waals surface area contributed by atoms with Crippen LogP contribution >= 0.6 is 0 Å². The molecule has 1 heterocycles. The molecule has 0 aliphatic heterocycles. The first-order valence-electron chi connectivity index (χ1n) is 8.08. The third-order valence-electron chi connectivity index (χ3n) is 3.89. The molecule has 0 aliphatic rings. The molecule has 132 valence electrons. The van der Waals surface area contributed by atoms with Crippen LogP contribution in [0.15, 0.2) is 42.7 Å². The van der Waals surface area contributed by atoms with Gasteiger partial charge in [-0.05, 0) is 48.2 Å². The molecule has 2 N–H and O–H groups in total. The number of hydrogen-bond acceptors (Lipinski definition) is 4. The predicted octanol–water partition coefficient (Wildman–Crippen LogP) is 3.70. The summed E-state index contributed by atoms with van der Waals surface area (Å²) < 4.78 is 4.70. The average Bonchev–Trinajstić information content (AvgIpc) is 2.61. The van der Waals surface area contributed by atoms with Gasteiger partial charge >= 0.3 is 12.0 Å². The molecule has 2 amide bonds. The van der Waals surface area contributed by atoms with Crippen molar-refractivity contribution in [2.75, 3.05) is 12.4 Å². The van der Waals surface area contributed by atoms with Gasteiger partial charge in [0.15, 0.2) is 0 Å². The molecule has 6 heteroatoms. The van der Waals surface area contributed by atoms with Gasteiger partial charge in [-0.2, -0.15) is 0 Å². The summed E-state index contributed by atoms with van der Waals surface area (Å²) in [4.78, 5) is 28.1. The summed E-state index contributed by atoms with van der Waals surface area (Å²) in [5, 5.41) is 5.80. The third-order valence-corrected chi connectivity index (χ3v) is 3.89. The maximum Gasteiger partial charge on any atom is 0.337 e. The van der Waals surface area contributed by atoms with E-state index in [1.54, 1.807) is 30.6 Å². The largest absolute Gasteiger partial charge is 0.465 e. The normalized spacial score (nSPS) is 11.7. The second kappa shape index (κ2) is 8.28. The van der Waals surface area contributed by atoms with Crippen LogP contribution in [0, 0.1) is 12.8 Å². The van der Waals surface area contributed by atoms with Gasteiger partial charge in [0.05, 0.1) is 18.7 Å². The van der Waals surface area contributed by atoms with Gasteiger partial charge in [0.1, 0.15) is 0 Å². The molecule has 1 aromatic carbocycles. The van der Waals surface area contributed by atoms with Crippen LogP contribution in [0.1, 0.15) is 41.4 Å². The van der Waals surface area contributed by atoms with Crippen LogP contribution in [-0.4, -0.2) is 24.1 Å². The van der Waals surface area contributed by atoms with Gasteiger partial charge in [-0.3, -0.25) is 4.98 Å². The number of hydrogen-bond donors (Lipinski definition) is 2.